The summed E-state index contributed by atoms with van der Waals surface area (Å²) in [6, 6.07) is 0. The first-order valence-electron chi connectivity index (χ1n) is 8.23. The largest absolute Gasteiger partial charge is 0.382 e. The number of ether oxygens (including phenoxy) is 2. The van der Waals surface area contributed by atoms with Gasteiger partial charge in [-0.15, -0.1) is 35.3 Å². The minimum absolute atomic E-state index is 0. The Morgan fingerprint density at radius 1 is 1.48 bits per heavy atom. The molecule has 1 atom stereocenters. The van der Waals surface area contributed by atoms with E-state index in [-0.39, 0.29) is 24.0 Å². The van der Waals surface area contributed by atoms with Crippen molar-refractivity contribution in [3.8, 4) is 0 Å². The molecule has 1 saturated heterocycles. The Morgan fingerprint density at radius 2 is 2.36 bits per heavy atom. The van der Waals surface area contributed by atoms with Gasteiger partial charge in [-0.3, -0.25) is 9.39 Å². The van der Waals surface area contributed by atoms with Crippen LogP contribution in [0, 0.1) is 5.92 Å². The van der Waals surface area contributed by atoms with Gasteiger partial charge in [-0.2, -0.15) is 0 Å². The summed E-state index contributed by atoms with van der Waals surface area (Å²) in [5, 5.41) is 5.46. The maximum absolute atomic E-state index is 5.65. The Morgan fingerprint density at radius 3 is 3.12 bits per heavy atom. The maximum Gasteiger partial charge on any atom is 0.193 e. The number of methoxy groups -OCH3 is 1. The molecule has 1 aliphatic rings. The standard InChI is InChI=1S/C16H25N5O2S.HI/c1-17-15(18-9-14-11-21-5-8-24-16(21)19-14)20-4-3-13(10-20)12-23-7-6-22-2;/h5,8,11,13H,3-4,6-7,9-10,12H2,1-2H3,(H,17,18);1H. The smallest absolute Gasteiger partial charge is 0.193 e. The van der Waals surface area contributed by atoms with Gasteiger partial charge in [0.1, 0.15) is 0 Å². The molecule has 1 unspecified atom stereocenters. The van der Waals surface area contributed by atoms with E-state index in [1.54, 1.807) is 18.4 Å². The second kappa shape index (κ2) is 10.3. The van der Waals surface area contributed by atoms with E-state index in [9.17, 15) is 0 Å². The quantitative estimate of drug-likeness (QED) is 0.285. The van der Waals surface area contributed by atoms with Crippen molar-refractivity contribution < 1.29 is 9.47 Å². The van der Waals surface area contributed by atoms with Crippen LogP contribution in [0.4, 0.5) is 0 Å². The molecule has 1 N–H and O–H groups in total. The van der Waals surface area contributed by atoms with Gasteiger partial charge in [-0.25, -0.2) is 4.98 Å². The van der Waals surface area contributed by atoms with Crippen molar-refractivity contribution >= 4 is 46.2 Å². The number of thiazole rings is 1. The topological polar surface area (TPSA) is 63.4 Å². The fourth-order valence-electron chi connectivity index (χ4n) is 2.92. The third kappa shape index (κ3) is 5.53. The Labute approximate surface area is 169 Å². The third-order valence-corrected chi connectivity index (χ3v) is 4.92. The highest BCUT2D eigenvalue weighted by atomic mass is 127. The highest BCUT2D eigenvalue weighted by Gasteiger charge is 2.25. The lowest BCUT2D eigenvalue weighted by molar-refractivity contribution is 0.0536. The summed E-state index contributed by atoms with van der Waals surface area (Å²) in [7, 11) is 3.52. The first-order chi connectivity index (χ1) is 11.8. The van der Waals surface area contributed by atoms with Crippen molar-refractivity contribution in [2.75, 3.05) is 47.1 Å². The zero-order valence-corrected chi connectivity index (χ0v) is 17.8. The number of guanidine groups is 1. The van der Waals surface area contributed by atoms with Crippen LogP contribution in [0.2, 0.25) is 0 Å². The second-order valence-corrected chi connectivity index (χ2v) is 6.77. The number of nitrogens with one attached hydrogen (secondary N) is 1. The molecule has 0 aliphatic carbocycles. The lowest BCUT2D eigenvalue weighted by Gasteiger charge is -2.21. The average molecular weight is 479 g/mol. The third-order valence-electron chi connectivity index (χ3n) is 4.15. The van der Waals surface area contributed by atoms with E-state index in [2.05, 4.69) is 26.4 Å². The van der Waals surface area contributed by atoms with Gasteiger partial charge in [0.2, 0.25) is 0 Å². The molecule has 2 aromatic rings. The molecular formula is C16H26IN5O2S. The van der Waals surface area contributed by atoms with Crippen molar-refractivity contribution in [2.24, 2.45) is 10.9 Å². The summed E-state index contributed by atoms with van der Waals surface area (Å²) in [4.78, 5) is 12.3. The lowest BCUT2D eigenvalue weighted by atomic mass is 10.1. The van der Waals surface area contributed by atoms with Crippen LogP contribution in [0.15, 0.2) is 22.8 Å². The molecule has 3 heterocycles. The van der Waals surface area contributed by atoms with E-state index in [1.807, 2.05) is 23.0 Å². The highest BCUT2D eigenvalue weighted by Crippen LogP contribution is 2.17. The molecule has 9 heteroatoms. The number of rotatable bonds is 7. The van der Waals surface area contributed by atoms with Crippen molar-refractivity contribution in [1.82, 2.24) is 19.6 Å². The number of hydrogen-bond acceptors (Lipinski definition) is 5. The Balaban J connectivity index is 0.00000225. The van der Waals surface area contributed by atoms with Crippen molar-refractivity contribution in [1.29, 1.82) is 0 Å². The van der Waals surface area contributed by atoms with Gasteiger partial charge in [0.05, 0.1) is 32.1 Å². The normalized spacial score (nSPS) is 17.9. The average Bonchev–Trinajstić information content (AvgIpc) is 3.28. The molecule has 2 aromatic heterocycles. The highest BCUT2D eigenvalue weighted by molar-refractivity contribution is 14.0. The second-order valence-electron chi connectivity index (χ2n) is 5.89. The molecule has 25 heavy (non-hydrogen) atoms. The SMILES string of the molecule is CN=C(NCc1cn2ccsc2n1)N1CCC(COCCOC)C1.I. The predicted octanol–water partition coefficient (Wildman–Crippen LogP) is 2.07. The molecule has 0 spiro atoms. The van der Waals surface area contributed by atoms with E-state index < -0.39 is 0 Å². The van der Waals surface area contributed by atoms with E-state index in [0.717, 1.165) is 42.7 Å². The monoisotopic (exact) mass is 479 g/mol. The van der Waals surface area contributed by atoms with Crippen LogP contribution in [-0.2, 0) is 16.0 Å². The number of aliphatic imine (C=N–C) groups is 1. The van der Waals surface area contributed by atoms with Crippen molar-refractivity contribution in [3.05, 3.63) is 23.5 Å². The Bertz CT molecular complexity index is 646. The van der Waals surface area contributed by atoms with Gasteiger partial charge in [0.15, 0.2) is 10.9 Å². The number of fused-ring (bicyclic) bond motifs is 1. The molecule has 1 fully saturated rings. The van der Waals surface area contributed by atoms with Gasteiger partial charge in [0, 0.05) is 50.9 Å². The molecule has 7 nitrogen and oxygen atoms in total. The van der Waals surface area contributed by atoms with Gasteiger partial charge < -0.3 is 19.7 Å². The van der Waals surface area contributed by atoms with Crippen LogP contribution in [0.25, 0.3) is 4.96 Å². The molecule has 0 amide bonds. The van der Waals surface area contributed by atoms with Crippen LogP contribution in [-0.4, -0.2) is 67.3 Å². The number of aromatic nitrogens is 2. The molecule has 0 saturated carbocycles. The van der Waals surface area contributed by atoms with Gasteiger partial charge in [0.25, 0.3) is 0 Å². The maximum atomic E-state index is 5.65. The Hall–Kier alpha value is -0.910. The van der Waals surface area contributed by atoms with Crippen molar-refractivity contribution in [3.63, 3.8) is 0 Å². The Kier molecular flexibility index (Phi) is 8.40. The van der Waals surface area contributed by atoms with Crippen LogP contribution in [0.3, 0.4) is 0 Å². The molecule has 140 valence electrons. The van der Waals surface area contributed by atoms with Gasteiger partial charge >= 0.3 is 0 Å². The molecule has 0 radical (unpaired) electrons. The van der Waals surface area contributed by atoms with E-state index in [1.165, 1.54) is 0 Å². The summed E-state index contributed by atoms with van der Waals surface area (Å²) in [6.07, 6.45) is 5.22. The minimum atomic E-state index is 0. The molecule has 3 rings (SSSR count). The summed E-state index contributed by atoms with van der Waals surface area (Å²) < 4.78 is 12.7. The lowest BCUT2D eigenvalue weighted by Crippen LogP contribution is -2.40. The van der Waals surface area contributed by atoms with Crippen molar-refractivity contribution in [2.45, 2.75) is 13.0 Å². The summed E-state index contributed by atoms with van der Waals surface area (Å²) >= 11 is 1.65. The van der Waals surface area contributed by atoms with E-state index in [4.69, 9.17) is 9.47 Å². The summed E-state index contributed by atoms with van der Waals surface area (Å²) in [5.74, 6) is 1.49. The van der Waals surface area contributed by atoms with Gasteiger partial charge in [-0.05, 0) is 6.42 Å². The zero-order chi connectivity index (χ0) is 16.8. The predicted molar refractivity (Wildman–Crippen MR) is 111 cm³/mol. The fraction of sp³-hybridized carbons (Fsp3) is 0.625. The minimum Gasteiger partial charge on any atom is -0.382 e. The number of imidazole rings is 1. The molecular weight excluding hydrogens is 453 g/mol. The number of hydrogen-bond donors (Lipinski definition) is 1. The number of halogens is 1. The molecule has 0 aromatic carbocycles. The van der Waals surface area contributed by atoms with Gasteiger partial charge in [-0.1, -0.05) is 0 Å². The number of nitrogens with zero attached hydrogens (tertiary/aromatic N) is 4. The van der Waals surface area contributed by atoms with E-state index >= 15 is 0 Å². The molecule has 0 bridgehead atoms. The van der Waals surface area contributed by atoms with E-state index in [0.29, 0.717) is 25.7 Å². The van der Waals surface area contributed by atoms with Crippen LogP contribution >= 0.6 is 35.3 Å². The first kappa shape index (κ1) is 20.4. The van der Waals surface area contributed by atoms with Crippen LogP contribution < -0.4 is 5.32 Å². The van der Waals surface area contributed by atoms with Crippen LogP contribution in [0.1, 0.15) is 12.1 Å². The fourth-order valence-corrected chi connectivity index (χ4v) is 3.64. The number of likely N-dealkylation sites (tertiary alicyclic amines) is 1. The zero-order valence-electron chi connectivity index (χ0n) is 14.7. The molecule has 1 aliphatic heterocycles. The summed E-state index contributed by atoms with van der Waals surface area (Å²) in [5.41, 5.74) is 1.03. The summed E-state index contributed by atoms with van der Waals surface area (Å²) in [6.45, 7) is 4.78. The first-order valence-corrected chi connectivity index (χ1v) is 9.11. The van der Waals surface area contributed by atoms with Crippen LogP contribution in [0.5, 0.6) is 0 Å².